The maximum absolute atomic E-state index is 12.5. The van der Waals surface area contributed by atoms with Crippen LogP contribution in [0, 0.1) is 0 Å². The van der Waals surface area contributed by atoms with Crippen molar-refractivity contribution in [3.05, 3.63) is 65.5 Å². The van der Waals surface area contributed by atoms with Crippen LogP contribution in [0.25, 0.3) is 0 Å². The lowest BCUT2D eigenvalue weighted by Gasteiger charge is -2.09. The standard InChI is InChI=1S/C19H22BrNO/c1-2-3-4-5-6-15-7-9-17(10-8-15)19(22)18(20)16-11-13-21-14-12-16/h7-14,18H,2-6H2,1H3/t18-/m1/s1. The van der Waals surface area contributed by atoms with Gasteiger partial charge >= 0.3 is 0 Å². The van der Waals surface area contributed by atoms with Crippen LogP contribution in [-0.4, -0.2) is 10.8 Å². The molecule has 22 heavy (non-hydrogen) atoms. The first-order valence-corrected chi connectivity index (χ1v) is 8.81. The SMILES string of the molecule is CCCCCCc1ccc(C(=O)[C@H](Br)c2ccncc2)cc1. The number of nitrogens with zero attached hydrogens (tertiary/aromatic N) is 1. The second-order valence-electron chi connectivity index (χ2n) is 5.51. The average Bonchev–Trinajstić information content (AvgIpc) is 2.59. The number of benzene rings is 1. The summed E-state index contributed by atoms with van der Waals surface area (Å²) in [5.74, 6) is 0.0868. The van der Waals surface area contributed by atoms with Gasteiger partial charge in [0.1, 0.15) is 4.83 Å². The molecule has 0 bridgehead atoms. The number of Topliss-reactive ketones (excluding diaryl/α,β-unsaturated/α-hetero) is 1. The number of aryl methyl sites for hydroxylation is 1. The molecule has 0 radical (unpaired) electrons. The molecule has 0 aliphatic heterocycles. The third-order valence-corrected chi connectivity index (χ3v) is 4.73. The van der Waals surface area contributed by atoms with Gasteiger partial charge in [-0.2, -0.15) is 0 Å². The molecule has 1 aromatic carbocycles. The van der Waals surface area contributed by atoms with Gasteiger partial charge in [-0.05, 0) is 36.1 Å². The zero-order valence-corrected chi connectivity index (χ0v) is 14.6. The topological polar surface area (TPSA) is 30.0 Å². The maximum Gasteiger partial charge on any atom is 0.180 e. The minimum atomic E-state index is -0.314. The van der Waals surface area contributed by atoms with Crippen molar-refractivity contribution >= 4 is 21.7 Å². The van der Waals surface area contributed by atoms with Gasteiger partial charge in [0.25, 0.3) is 0 Å². The molecule has 0 fully saturated rings. The summed E-state index contributed by atoms with van der Waals surface area (Å²) in [6.07, 6.45) is 9.56. The fraction of sp³-hybridized carbons (Fsp3) is 0.368. The lowest BCUT2D eigenvalue weighted by atomic mass is 10.0. The number of carbonyl (C=O) groups is 1. The van der Waals surface area contributed by atoms with Crippen LogP contribution >= 0.6 is 15.9 Å². The maximum atomic E-state index is 12.5. The Hall–Kier alpha value is -1.48. The molecule has 0 aliphatic carbocycles. The first-order valence-electron chi connectivity index (χ1n) is 7.89. The molecule has 0 saturated heterocycles. The predicted octanol–water partition coefficient (Wildman–Crippen LogP) is 5.52. The highest BCUT2D eigenvalue weighted by molar-refractivity contribution is 9.09. The number of unbranched alkanes of at least 4 members (excludes halogenated alkanes) is 3. The molecule has 1 heterocycles. The Labute approximate surface area is 141 Å². The van der Waals surface area contributed by atoms with Gasteiger partial charge in [0.15, 0.2) is 5.78 Å². The van der Waals surface area contributed by atoms with Crippen molar-refractivity contribution in [3.63, 3.8) is 0 Å². The highest BCUT2D eigenvalue weighted by Crippen LogP contribution is 2.26. The molecule has 0 aliphatic rings. The second kappa shape index (κ2) is 8.84. The highest BCUT2D eigenvalue weighted by Gasteiger charge is 2.18. The van der Waals surface area contributed by atoms with Crippen LogP contribution in [-0.2, 0) is 6.42 Å². The number of pyridine rings is 1. The molecule has 2 nitrogen and oxygen atoms in total. The Kier molecular flexibility index (Phi) is 6.78. The number of aromatic nitrogens is 1. The number of hydrogen-bond acceptors (Lipinski definition) is 2. The molecule has 0 unspecified atom stereocenters. The van der Waals surface area contributed by atoms with Gasteiger partial charge in [0.2, 0.25) is 0 Å². The van der Waals surface area contributed by atoms with E-state index in [1.165, 1.54) is 31.2 Å². The molecule has 0 saturated carbocycles. The number of alkyl halides is 1. The minimum Gasteiger partial charge on any atom is -0.293 e. The van der Waals surface area contributed by atoms with Gasteiger partial charge in [-0.3, -0.25) is 9.78 Å². The summed E-state index contributed by atoms with van der Waals surface area (Å²) in [5.41, 5.74) is 2.99. The summed E-state index contributed by atoms with van der Waals surface area (Å²) < 4.78 is 0. The number of carbonyl (C=O) groups excluding carboxylic acids is 1. The van der Waals surface area contributed by atoms with E-state index in [0.717, 1.165) is 17.5 Å². The molecule has 1 atom stereocenters. The highest BCUT2D eigenvalue weighted by atomic mass is 79.9. The Morgan fingerprint density at radius 1 is 1.05 bits per heavy atom. The molecule has 0 spiro atoms. The molecule has 0 amide bonds. The second-order valence-corrected chi connectivity index (χ2v) is 6.43. The number of halogens is 1. The van der Waals surface area contributed by atoms with E-state index in [-0.39, 0.29) is 10.6 Å². The van der Waals surface area contributed by atoms with E-state index in [1.807, 2.05) is 24.3 Å². The fourth-order valence-electron chi connectivity index (χ4n) is 2.42. The van der Waals surface area contributed by atoms with Crippen molar-refractivity contribution in [1.29, 1.82) is 0 Å². The number of ketones is 1. The molecular formula is C19H22BrNO. The third-order valence-electron chi connectivity index (χ3n) is 3.79. The average molecular weight is 360 g/mol. The van der Waals surface area contributed by atoms with Crippen molar-refractivity contribution in [3.8, 4) is 0 Å². The van der Waals surface area contributed by atoms with Crippen LogP contribution in [0.5, 0.6) is 0 Å². The summed E-state index contributed by atoms with van der Waals surface area (Å²) in [4.78, 5) is 16.2. The Morgan fingerprint density at radius 2 is 1.73 bits per heavy atom. The molecule has 0 N–H and O–H groups in total. The first-order chi connectivity index (χ1) is 10.7. The van der Waals surface area contributed by atoms with Crippen LogP contribution in [0.15, 0.2) is 48.8 Å². The zero-order chi connectivity index (χ0) is 15.8. The van der Waals surface area contributed by atoms with Crippen LogP contribution in [0.3, 0.4) is 0 Å². The van der Waals surface area contributed by atoms with Crippen LogP contribution in [0.4, 0.5) is 0 Å². The van der Waals surface area contributed by atoms with Crippen LogP contribution in [0.2, 0.25) is 0 Å². The third kappa shape index (κ3) is 4.77. The molecule has 3 heteroatoms. The molecule has 2 rings (SSSR count). The van der Waals surface area contributed by atoms with E-state index in [1.54, 1.807) is 12.4 Å². The van der Waals surface area contributed by atoms with Crippen molar-refractivity contribution in [2.75, 3.05) is 0 Å². The van der Waals surface area contributed by atoms with E-state index in [2.05, 4.69) is 40.0 Å². The monoisotopic (exact) mass is 359 g/mol. The summed E-state index contributed by atoms with van der Waals surface area (Å²) >= 11 is 3.49. The zero-order valence-electron chi connectivity index (χ0n) is 13.0. The fourth-order valence-corrected chi connectivity index (χ4v) is 2.99. The van der Waals surface area contributed by atoms with E-state index >= 15 is 0 Å². The van der Waals surface area contributed by atoms with Crippen molar-refractivity contribution in [2.45, 2.75) is 43.9 Å². The normalized spacial score (nSPS) is 12.1. The van der Waals surface area contributed by atoms with Crippen LogP contribution in [0.1, 0.15) is 58.9 Å². The lowest BCUT2D eigenvalue weighted by molar-refractivity contribution is 0.0991. The van der Waals surface area contributed by atoms with Gasteiger partial charge in [0, 0.05) is 18.0 Å². The van der Waals surface area contributed by atoms with Crippen LogP contribution < -0.4 is 0 Å². The molecule has 2 aromatic rings. The van der Waals surface area contributed by atoms with Gasteiger partial charge in [-0.1, -0.05) is 66.4 Å². The quantitative estimate of drug-likeness (QED) is 0.352. The molecule has 116 valence electrons. The van der Waals surface area contributed by atoms with E-state index in [0.29, 0.717) is 0 Å². The minimum absolute atomic E-state index is 0.0868. The summed E-state index contributed by atoms with van der Waals surface area (Å²) in [6.45, 7) is 2.22. The predicted molar refractivity (Wildman–Crippen MR) is 94.5 cm³/mol. The van der Waals surface area contributed by atoms with Crippen molar-refractivity contribution in [1.82, 2.24) is 4.98 Å². The summed E-state index contributed by atoms with van der Waals surface area (Å²) in [7, 11) is 0. The van der Waals surface area contributed by atoms with E-state index in [9.17, 15) is 4.79 Å². The Balaban J connectivity index is 1.96. The number of rotatable bonds is 8. The first kappa shape index (κ1) is 16.9. The van der Waals surface area contributed by atoms with Gasteiger partial charge < -0.3 is 0 Å². The van der Waals surface area contributed by atoms with Crippen molar-refractivity contribution in [2.24, 2.45) is 0 Å². The number of hydrogen-bond donors (Lipinski definition) is 0. The van der Waals surface area contributed by atoms with Gasteiger partial charge in [-0.15, -0.1) is 0 Å². The van der Waals surface area contributed by atoms with E-state index in [4.69, 9.17) is 0 Å². The van der Waals surface area contributed by atoms with Gasteiger partial charge in [-0.25, -0.2) is 0 Å². The van der Waals surface area contributed by atoms with E-state index < -0.39 is 0 Å². The Morgan fingerprint density at radius 3 is 2.36 bits per heavy atom. The molecular weight excluding hydrogens is 338 g/mol. The van der Waals surface area contributed by atoms with Crippen molar-refractivity contribution < 1.29 is 4.79 Å². The summed E-state index contributed by atoms with van der Waals surface area (Å²) in [5, 5.41) is 0. The largest absolute Gasteiger partial charge is 0.293 e. The Bertz CT molecular complexity index is 580. The lowest BCUT2D eigenvalue weighted by Crippen LogP contribution is -2.07. The van der Waals surface area contributed by atoms with Gasteiger partial charge in [0.05, 0.1) is 0 Å². The smallest absolute Gasteiger partial charge is 0.180 e. The summed E-state index contributed by atoms with van der Waals surface area (Å²) in [6, 6.07) is 11.7. The molecule has 1 aromatic heterocycles.